The van der Waals surface area contributed by atoms with Crippen molar-refractivity contribution in [3.05, 3.63) is 47.7 Å². The van der Waals surface area contributed by atoms with Crippen LogP contribution in [0.4, 0.5) is 4.79 Å². The summed E-state index contributed by atoms with van der Waals surface area (Å²) in [7, 11) is 0. The Morgan fingerprint density at radius 2 is 1.93 bits per heavy atom. The maximum Gasteiger partial charge on any atom is 0.410 e. The molecule has 0 fully saturated rings. The molecule has 2 amide bonds. The van der Waals surface area contributed by atoms with E-state index in [1.807, 2.05) is 44.2 Å². The third-order valence-corrected chi connectivity index (χ3v) is 5.00. The minimum Gasteiger partial charge on any atom is -0.445 e. The van der Waals surface area contributed by atoms with E-state index in [1.54, 1.807) is 4.90 Å². The zero-order valence-corrected chi connectivity index (χ0v) is 17.4. The summed E-state index contributed by atoms with van der Waals surface area (Å²) in [6, 6.07) is 9.06. The summed E-state index contributed by atoms with van der Waals surface area (Å²) in [6.45, 7) is 6.75. The topological polar surface area (TPSA) is 58.6 Å². The predicted octanol–water partition coefficient (Wildman–Crippen LogP) is 5.02. The molecule has 2 rings (SSSR count). The number of carbonyl (C=O) groups is 2. The van der Waals surface area contributed by atoms with Gasteiger partial charge in [-0.15, -0.1) is 0 Å². The lowest BCUT2D eigenvalue weighted by Crippen LogP contribution is -2.52. The van der Waals surface area contributed by atoms with E-state index in [0.29, 0.717) is 6.54 Å². The van der Waals surface area contributed by atoms with Gasteiger partial charge in [0.1, 0.15) is 12.6 Å². The van der Waals surface area contributed by atoms with Crippen LogP contribution < -0.4 is 5.32 Å². The first kappa shape index (κ1) is 22.0. The molecule has 1 aliphatic rings. The molecule has 5 nitrogen and oxygen atoms in total. The molecule has 0 spiro atoms. The minimum absolute atomic E-state index is 0.00896. The summed E-state index contributed by atoms with van der Waals surface area (Å²) in [5, 5.41) is 3.06. The van der Waals surface area contributed by atoms with Crippen molar-refractivity contribution in [2.75, 3.05) is 6.54 Å². The van der Waals surface area contributed by atoms with Gasteiger partial charge in [0.15, 0.2) is 0 Å². The second kappa shape index (κ2) is 11.5. The fraction of sp³-hybridized carbons (Fsp3) is 0.565. The van der Waals surface area contributed by atoms with Crippen molar-refractivity contribution in [1.82, 2.24) is 10.2 Å². The third kappa shape index (κ3) is 6.70. The van der Waals surface area contributed by atoms with Crippen molar-refractivity contribution in [2.24, 2.45) is 5.92 Å². The number of benzene rings is 1. The van der Waals surface area contributed by atoms with Gasteiger partial charge in [0.2, 0.25) is 5.91 Å². The molecule has 0 aliphatic heterocycles. The van der Waals surface area contributed by atoms with Gasteiger partial charge in [-0.25, -0.2) is 4.79 Å². The summed E-state index contributed by atoms with van der Waals surface area (Å²) in [4.78, 5) is 27.5. The number of allylic oxidation sites excluding steroid dienone is 2. The van der Waals surface area contributed by atoms with E-state index < -0.39 is 12.1 Å². The van der Waals surface area contributed by atoms with E-state index in [0.717, 1.165) is 43.4 Å². The number of nitrogens with one attached hydrogen (secondary N) is 1. The Labute approximate surface area is 169 Å². The van der Waals surface area contributed by atoms with E-state index in [9.17, 15) is 9.59 Å². The Kier molecular flexibility index (Phi) is 9.05. The van der Waals surface area contributed by atoms with Gasteiger partial charge in [0, 0.05) is 12.2 Å². The number of carbonyl (C=O) groups excluding carboxylic acids is 2. The van der Waals surface area contributed by atoms with Crippen molar-refractivity contribution in [3.63, 3.8) is 0 Å². The molecule has 5 heteroatoms. The molecule has 1 aromatic rings. The van der Waals surface area contributed by atoms with Crippen LogP contribution in [0.1, 0.15) is 64.9 Å². The number of ether oxygens (including phenoxy) is 1. The maximum atomic E-state index is 13.0. The highest BCUT2D eigenvalue weighted by atomic mass is 16.6. The number of nitrogens with zero attached hydrogens (tertiary/aromatic N) is 1. The zero-order chi connectivity index (χ0) is 20.4. The van der Waals surface area contributed by atoms with Crippen LogP contribution in [0.25, 0.3) is 0 Å². The van der Waals surface area contributed by atoms with Crippen molar-refractivity contribution in [2.45, 2.75) is 71.9 Å². The van der Waals surface area contributed by atoms with Gasteiger partial charge in [-0.2, -0.15) is 0 Å². The van der Waals surface area contributed by atoms with Crippen LogP contribution >= 0.6 is 0 Å². The Balaban J connectivity index is 2.09. The largest absolute Gasteiger partial charge is 0.445 e. The van der Waals surface area contributed by atoms with Crippen molar-refractivity contribution < 1.29 is 14.3 Å². The van der Waals surface area contributed by atoms with Crippen molar-refractivity contribution >= 4 is 12.0 Å². The average Bonchev–Trinajstić information content (AvgIpc) is 2.70. The summed E-state index contributed by atoms with van der Waals surface area (Å²) in [6.07, 6.45) is 7.61. The van der Waals surface area contributed by atoms with E-state index >= 15 is 0 Å². The first-order valence-corrected chi connectivity index (χ1v) is 10.5. The second-order valence-corrected chi connectivity index (χ2v) is 7.74. The number of rotatable bonds is 9. The van der Waals surface area contributed by atoms with E-state index in [2.05, 4.69) is 18.3 Å². The number of amides is 2. The van der Waals surface area contributed by atoms with Gasteiger partial charge >= 0.3 is 6.09 Å². The third-order valence-electron chi connectivity index (χ3n) is 5.00. The summed E-state index contributed by atoms with van der Waals surface area (Å²) in [5.74, 6) is -0.124. The highest BCUT2D eigenvalue weighted by molar-refractivity contribution is 5.87. The lowest BCUT2D eigenvalue weighted by molar-refractivity contribution is -0.127. The molecule has 1 aromatic carbocycles. The van der Waals surface area contributed by atoms with E-state index in [4.69, 9.17) is 4.74 Å². The van der Waals surface area contributed by atoms with Crippen LogP contribution in [0.2, 0.25) is 0 Å². The fourth-order valence-corrected chi connectivity index (χ4v) is 3.46. The molecule has 1 N–H and O–H groups in total. The molecule has 0 saturated heterocycles. The van der Waals surface area contributed by atoms with Crippen LogP contribution in [0.3, 0.4) is 0 Å². The van der Waals surface area contributed by atoms with Crippen LogP contribution in [-0.2, 0) is 16.1 Å². The van der Waals surface area contributed by atoms with E-state index in [1.165, 1.54) is 6.42 Å². The van der Waals surface area contributed by atoms with Gasteiger partial charge < -0.3 is 10.1 Å². The minimum atomic E-state index is -0.544. The zero-order valence-electron chi connectivity index (χ0n) is 17.4. The SMILES string of the molecule is CCCCN(C(=O)OCc1ccccc1)C(C(=O)NC1=CCCCC1)C(C)C. The fourth-order valence-electron chi connectivity index (χ4n) is 3.46. The molecule has 0 heterocycles. The summed E-state index contributed by atoms with van der Waals surface area (Å²) >= 11 is 0. The van der Waals surface area contributed by atoms with Crippen LogP contribution in [0.15, 0.2) is 42.1 Å². The molecule has 154 valence electrons. The number of hydrogen-bond acceptors (Lipinski definition) is 3. The predicted molar refractivity (Wildman–Crippen MR) is 112 cm³/mol. The molecule has 1 atom stereocenters. The molecular weight excluding hydrogens is 352 g/mol. The van der Waals surface area contributed by atoms with Crippen LogP contribution in [0, 0.1) is 5.92 Å². The van der Waals surface area contributed by atoms with Crippen molar-refractivity contribution in [1.29, 1.82) is 0 Å². The lowest BCUT2D eigenvalue weighted by atomic mass is 10.00. The molecule has 1 unspecified atom stereocenters. The molecular formula is C23H34N2O3. The van der Waals surface area contributed by atoms with Gasteiger partial charge in [-0.05, 0) is 43.6 Å². The monoisotopic (exact) mass is 386 g/mol. The first-order valence-electron chi connectivity index (χ1n) is 10.5. The van der Waals surface area contributed by atoms with Gasteiger partial charge in [0.25, 0.3) is 0 Å². The molecule has 0 aromatic heterocycles. The Hall–Kier alpha value is -2.30. The van der Waals surface area contributed by atoms with Crippen LogP contribution in [0.5, 0.6) is 0 Å². The molecule has 0 bridgehead atoms. The Morgan fingerprint density at radius 1 is 1.18 bits per heavy atom. The molecule has 1 aliphatic carbocycles. The Morgan fingerprint density at radius 3 is 2.54 bits per heavy atom. The number of unbranched alkanes of at least 4 members (excludes halogenated alkanes) is 1. The van der Waals surface area contributed by atoms with Crippen LogP contribution in [-0.4, -0.2) is 29.5 Å². The molecule has 28 heavy (non-hydrogen) atoms. The normalized spacial score (nSPS) is 14.9. The van der Waals surface area contributed by atoms with Crippen molar-refractivity contribution in [3.8, 4) is 0 Å². The smallest absolute Gasteiger partial charge is 0.410 e. The quantitative estimate of drug-likeness (QED) is 0.648. The highest BCUT2D eigenvalue weighted by Crippen LogP contribution is 2.19. The lowest BCUT2D eigenvalue weighted by Gasteiger charge is -2.33. The number of hydrogen-bond donors (Lipinski definition) is 1. The average molecular weight is 387 g/mol. The van der Waals surface area contributed by atoms with Gasteiger partial charge in [-0.3, -0.25) is 9.69 Å². The summed E-state index contributed by atoms with van der Waals surface area (Å²) < 4.78 is 5.55. The van der Waals surface area contributed by atoms with E-state index in [-0.39, 0.29) is 18.4 Å². The highest BCUT2D eigenvalue weighted by Gasteiger charge is 2.33. The van der Waals surface area contributed by atoms with Gasteiger partial charge in [0.05, 0.1) is 0 Å². The first-order chi connectivity index (χ1) is 13.5. The Bertz CT molecular complexity index is 655. The second-order valence-electron chi connectivity index (χ2n) is 7.74. The molecule has 0 radical (unpaired) electrons. The standard InChI is InChI=1S/C23H34N2O3/c1-4-5-16-25(23(27)28-17-19-12-8-6-9-13-19)21(18(2)3)22(26)24-20-14-10-7-11-15-20/h6,8-9,12-14,18,21H,4-5,7,10-11,15-17H2,1-3H3,(H,24,26). The summed E-state index contributed by atoms with van der Waals surface area (Å²) in [5.41, 5.74) is 1.92. The van der Waals surface area contributed by atoms with Gasteiger partial charge in [-0.1, -0.05) is 63.6 Å². The maximum absolute atomic E-state index is 13.0. The molecule has 0 saturated carbocycles.